The molecule has 0 radical (unpaired) electrons. The summed E-state index contributed by atoms with van der Waals surface area (Å²) in [5.41, 5.74) is 4.48. The number of hydrogen-bond donors (Lipinski definition) is 1. The van der Waals surface area contributed by atoms with Crippen molar-refractivity contribution in [3.8, 4) is 11.3 Å². The van der Waals surface area contributed by atoms with E-state index in [1.807, 2.05) is 36.4 Å². The van der Waals surface area contributed by atoms with Crippen LogP contribution in [0.2, 0.25) is 10.0 Å². The van der Waals surface area contributed by atoms with Gasteiger partial charge in [-0.15, -0.1) is 0 Å². The van der Waals surface area contributed by atoms with E-state index in [0.29, 0.717) is 28.0 Å². The summed E-state index contributed by atoms with van der Waals surface area (Å²) in [6.07, 6.45) is 0. The van der Waals surface area contributed by atoms with Gasteiger partial charge in [-0.2, -0.15) is 5.10 Å². The Kier molecular flexibility index (Phi) is 5.00. The van der Waals surface area contributed by atoms with Crippen LogP contribution in [0.4, 0.5) is 4.39 Å². The van der Waals surface area contributed by atoms with Gasteiger partial charge in [-0.25, -0.2) is 4.39 Å². The van der Waals surface area contributed by atoms with Crippen LogP contribution in [0.25, 0.3) is 11.3 Å². The summed E-state index contributed by atoms with van der Waals surface area (Å²) in [6, 6.07) is 20.8. The molecule has 0 saturated carbocycles. The monoisotopic (exact) mass is 451 g/mol. The van der Waals surface area contributed by atoms with Crippen molar-refractivity contribution in [3.63, 3.8) is 0 Å². The first kappa shape index (κ1) is 19.8. The molecule has 1 aliphatic rings. The molecule has 1 amide bonds. The predicted octanol–water partition coefficient (Wildman–Crippen LogP) is 6.27. The van der Waals surface area contributed by atoms with Crippen LogP contribution in [0.3, 0.4) is 0 Å². The largest absolute Gasteiger partial charge is 0.322 e. The van der Waals surface area contributed by atoms with Gasteiger partial charge in [0, 0.05) is 17.7 Å². The molecule has 0 bridgehead atoms. The highest BCUT2D eigenvalue weighted by Gasteiger charge is 2.42. The van der Waals surface area contributed by atoms with Crippen molar-refractivity contribution >= 4 is 29.1 Å². The van der Waals surface area contributed by atoms with E-state index in [9.17, 15) is 9.18 Å². The molecule has 4 aromatic rings. The maximum atomic E-state index is 13.4. The van der Waals surface area contributed by atoms with Crippen molar-refractivity contribution in [1.29, 1.82) is 0 Å². The van der Waals surface area contributed by atoms with E-state index in [2.05, 4.69) is 10.2 Å². The minimum Gasteiger partial charge on any atom is -0.322 e. The molecule has 0 aliphatic carbocycles. The number of benzene rings is 3. The van der Waals surface area contributed by atoms with Crippen LogP contribution in [-0.4, -0.2) is 21.0 Å². The van der Waals surface area contributed by atoms with Gasteiger partial charge in [0.2, 0.25) is 0 Å². The molecule has 5 rings (SSSR count). The van der Waals surface area contributed by atoms with Crippen LogP contribution in [0.5, 0.6) is 0 Å². The SMILES string of the molecule is O=C1c2[nH]nc(-c3ccccc3)c2C(c2ccc(Cl)c(Cl)c2)N1Cc1ccc(F)cc1. The van der Waals surface area contributed by atoms with E-state index < -0.39 is 6.04 Å². The Labute approximate surface area is 188 Å². The van der Waals surface area contributed by atoms with Crippen molar-refractivity contribution in [2.24, 2.45) is 0 Å². The van der Waals surface area contributed by atoms with Crippen molar-refractivity contribution in [2.75, 3.05) is 0 Å². The van der Waals surface area contributed by atoms with E-state index in [1.165, 1.54) is 12.1 Å². The van der Waals surface area contributed by atoms with Gasteiger partial charge in [-0.1, -0.05) is 71.7 Å². The van der Waals surface area contributed by atoms with E-state index in [-0.39, 0.29) is 11.7 Å². The Hall–Kier alpha value is -3.15. The van der Waals surface area contributed by atoms with E-state index in [0.717, 1.165) is 22.3 Å². The van der Waals surface area contributed by atoms with Gasteiger partial charge >= 0.3 is 0 Å². The molecule has 0 spiro atoms. The van der Waals surface area contributed by atoms with Crippen LogP contribution < -0.4 is 0 Å². The van der Waals surface area contributed by atoms with Crippen LogP contribution in [0.15, 0.2) is 72.8 Å². The van der Waals surface area contributed by atoms with Gasteiger partial charge in [0.1, 0.15) is 11.5 Å². The fourth-order valence-electron chi connectivity index (χ4n) is 3.99. The fourth-order valence-corrected chi connectivity index (χ4v) is 4.30. The average Bonchev–Trinajstić information content (AvgIpc) is 3.32. The molecule has 3 aromatic carbocycles. The van der Waals surface area contributed by atoms with Gasteiger partial charge in [0.25, 0.3) is 5.91 Å². The highest BCUT2D eigenvalue weighted by Crippen LogP contribution is 2.44. The molecule has 1 N–H and O–H groups in total. The highest BCUT2D eigenvalue weighted by molar-refractivity contribution is 6.42. The molecule has 1 aromatic heterocycles. The summed E-state index contributed by atoms with van der Waals surface area (Å²) in [7, 11) is 0. The Morgan fingerprint density at radius 3 is 2.42 bits per heavy atom. The summed E-state index contributed by atoms with van der Waals surface area (Å²) in [6.45, 7) is 0.306. The fraction of sp³-hybridized carbons (Fsp3) is 0.0833. The third-order valence-corrected chi connectivity index (χ3v) is 6.18. The predicted molar refractivity (Wildman–Crippen MR) is 119 cm³/mol. The number of aromatic nitrogens is 2. The number of carbonyl (C=O) groups is 1. The zero-order valence-electron chi connectivity index (χ0n) is 16.1. The van der Waals surface area contributed by atoms with E-state index in [4.69, 9.17) is 23.2 Å². The molecule has 7 heteroatoms. The molecular weight excluding hydrogens is 436 g/mol. The molecule has 0 saturated heterocycles. The zero-order valence-corrected chi connectivity index (χ0v) is 17.7. The Balaban J connectivity index is 1.65. The Morgan fingerprint density at radius 2 is 1.71 bits per heavy atom. The lowest BCUT2D eigenvalue weighted by molar-refractivity contribution is 0.0730. The third kappa shape index (κ3) is 3.50. The first-order valence-electron chi connectivity index (χ1n) is 9.67. The standard InChI is InChI=1S/C24H16Cl2FN3O/c25-18-11-8-16(12-19(18)26)23-20-21(15-4-2-1-3-5-15)28-29-22(20)24(31)30(23)13-14-6-9-17(27)10-7-14/h1-12,23H,13H2,(H,28,29). The van der Waals surface area contributed by atoms with Crippen molar-refractivity contribution in [1.82, 2.24) is 15.1 Å². The minimum absolute atomic E-state index is 0.176. The second kappa shape index (κ2) is 7.84. The number of aromatic amines is 1. The maximum Gasteiger partial charge on any atom is 0.273 e. The molecular formula is C24H16Cl2FN3O. The number of fused-ring (bicyclic) bond motifs is 1. The number of amides is 1. The van der Waals surface area contributed by atoms with E-state index >= 15 is 0 Å². The van der Waals surface area contributed by atoms with Crippen LogP contribution >= 0.6 is 23.2 Å². The van der Waals surface area contributed by atoms with Gasteiger partial charge < -0.3 is 4.90 Å². The summed E-state index contributed by atoms with van der Waals surface area (Å²) >= 11 is 12.4. The topological polar surface area (TPSA) is 49.0 Å². The van der Waals surface area contributed by atoms with Gasteiger partial charge in [0.15, 0.2) is 0 Å². The highest BCUT2D eigenvalue weighted by atomic mass is 35.5. The van der Waals surface area contributed by atoms with Gasteiger partial charge in [-0.05, 0) is 35.4 Å². The molecule has 2 heterocycles. The number of halogens is 3. The first-order valence-corrected chi connectivity index (χ1v) is 10.4. The van der Waals surface area contributed by atoms with Crippen molar-refractivity contribution < 1.29 is 9.18 Å². The molecule has 31 heavy (non-hydrogen) atoms. The van der Waals surface area contributed by atoms with Gasteiger partial charge in [-0.3, -0.25) is 9.89 Å². The summed E-state index contributed by atoms with van der Waals surface area (Å²) in [4.78, 5) is 15.1. The lowest BCUT2D eigenvalue weighted by Crippen LogP contribution is -2.29. The molecule has 1 atom stereocenters. The average molecular weight is 452 g/mol. The number of H-pyrrole nitrogens is 1. The second-order valence-corrected chi connectivity index (χ2v) is 8.18. The van der Waals surface area contributed by atoms with Crippen LogP contribution in [-0.2, 0) is 6.54 Å². The number of carbonyl (C=O) groups excluding carboxylic acids is 1. The first-order chi connectivity index (χ1) is 15.0. The lowest BCUT2D eigenvalue weighted by Gasteiger charge is -2.27. The summed E-state index contributed by atoms with van der Waals surface area (Å²) in [5.74, 6) is -0.497. The van der Waals surface area contributed by atoms with Crippen LogP contribution in [0.1, 0.15) is 33.2 Å². The molecule has 1 unspecified atom stereocenters. The van der Waals surface area contributed by atoms with Gasteiger partial charge in [0.05, 0.1) is 21.8 Å². The van der Waals surface area contributed by atoms with Crippen LogP contribution in [0, 0.1) is 5.82 Å². The second-order valence-electron chi connectivity index (χ2n) is 7.36. The maximum absolute atomic E-state index is 13.4. The van der Waals surface area contributed by atoms with Crippen molar-refractivity contribution in [3.05, 3.63) is 111 Å². The number of rotatable bonds is 4. The molecule has 1 aliphatic heterocycles. The van der Waals surface area contributed by atoms with E-state index in [1.54, 1.807) is 29.2 Å². The Bertz CT molecular complexity index is 1270. The summed E-state index contributed by atoms with van der Waals surface area (Å²) < 4.78 is 13.4. The zero-order chi connectivity index (χ0) is 21.5. The molecule has 0 fully saturated rings. The number of hydrogen-bond acceptors (Lipinski definition) is 2. The Morgan fingerprint density at radius 1 is 0.968 bits per heavy atom. The summed E-state index contributed by atoms with van der Waals surface area (Å²) in [5, 5.41) is 8.22. The number of nitrogens with zero attached hydrogens (tertiary/aromatic N) is 2. The lowest BCUT2D eigenvalue weighted by atomic mass is 9.96. The number of nitrogens with one attached hydrogen (secondary N) is 1. The molecule has 4 nitrogen and oxygen atoms in total. The smallest absolute Gasteiger partial charge is 0.273 e. The third-order valence-electron chi connectivity index (χ3n) is 5.44. The quantitative estimate of drug-likeness (QED) is 0.397. The van der Waals surface area contributed by atoms with Crippen molar-refractivity contribution in [2.45, 2.75) is 12.6 Å². The minimum atomic E-state index is -0.420. The molecule has 154 valence electrons. The normalized spacial score (nSPS) is 15.4.